The number of amides is 1. The summed E-state index contributed by atoms with van der Waals surface area (Å²) in [5.74, 6) is -2.64. The SMILES string of the molecule is CCn1nc(C(=O)NCC2(O)CCC(NS(=O)O)CC2)c(C)c1-c1ccc(C[C@H](C)C(F)(F)F)cc1OC(F)F. The van der Waals surface area contributed by atoms with E-state index in [4.69, 9.17) is 4.55 Å². The van der Waals surface area contributed by atoms with Crippen LogP contribution in [0.15, 0.2) is 18.2 Å². The van der Waals surface area contributed by atoms with Crippen molar-refractivity contribution in [3.63, 3.8) is 0 Å². The fourth-order valence-electron chi connectivity index (χ4n) is 4.81. The van der Waals surface area contributed by atoms with Crippen LogP contribution in [-0.4, -0.2) is 60.5 Å². The van der Waals surface area contributed by atoms with E-state index >= 15 is 0 Å². The summed E-state index contributed by atoms with van der Waals surface area (Å²) in [6, 6.07) is 3.68. The molecule has 4 N–H and O–H groups in total. The highest BCUT2D eigenvalue weighted by Crippen LogP contribution is 2.37. The highest BCUT2D eigenvalue weighted by molar-refractivity contribution is 7.77. The Morgan fingerprint density at radius 1 is 1.30 bits per heavy atom. The molecule has 0 saturated heterocycles. The first-order valence-electron chi connectivity index (χ1n) is 12.7. The molecule has 0 aliphatic heterocycles. The van der Waals surface area contributed by atoms with Crippen molar-refractivity contribution in [1.29, 1.82) is 0 Å². The summed E-state index contributed by atoms with van der Waals surface area (Å²) in [6.07, 6.45) is -3.47. The molecule has 0 radical (unpaired) electrons. The number of ether oxygens (including phenoxy) is 1. The van der Waals surface area contributed by atoms with E-state index in [1.165, 1.54) is 16.8 Å². The lowest BCUT2D eigenvalue weighted by Crippen LogP contribution is -2.48. The van der Waals surface area contributed by atoms with Gasteiger partial charge in [-0.1, -0.05) is 13.0 Å². The first-order valence-corrected chi connectivity index (χ1v) is 13.8. The molecule has 1 aromatic carbocycles. The van der Waals surface area contributed by atoms with Crippen LogP contribution in [0.5, 0.6) is 5.75 Å². The van der Waals surface area contributed by atoms with Gasteiger partial charge in [-0.25, -0.2) is 8.93 Å². The molecule has 1 aliphatic rings. The zero-order valence-corrected chi connectivity index (χ0v) is 23.0. The van der Waals surface area contributed by atoms with E-state index in [9.17, 15) is 36.1 Å². The van der Waals surface area contributed by atoms with E-state index in [1.807, 2.05) is 0 Å². The van der Waals surface area contributed by atoms with Crippen LogP contribution >= 0.6 is 0 Å². The molecule has 15 heteroatoms. The maximum absolute atomic E-state index is 13.3. The number of aliphatic hydroxyl groups is 1. The van der Waals surface area contributed by atoms with Gasteiger partial charge in [0.1, 0.15) is 5.75 Å². The molecule has 0 spiro atoms. The van der Waals surface area contributed by atoms with Crippen molar-refractivity contribution in [3.8, 4) is 17.0 Å². The minimum atomic E-state index is -4.45. The maximum Gasteiger partial charge on any atom is 0.391 e. The molecular formula is C25H33F5N4O5S. The van der Waals surface area contributed by atoms with Gasteiger partial charge < -0.3 is 15.2 Å². The van der Waals surface area contributed by atoms with Crippen molar-refractivity contribution < 1.29 is 45.4 Å². The Morgan fingerprint density at radius 2 is 1.95 bits per heavy atom. The lowest BCUT2D eigenvalue weighted by molar-refractivity contribution is -0.169. The van der Waals surface area contributed by atoms with Crippen LogP contribution in [0.25, 0.3) is 11.3 Å². The Hall–Kier alpha value is -2.62. The van der Waals surface area contributed by atoms with E-state index < -0.39 is 47.9 Å². The summed E-state index contributed by atoms with van der Waals surface area (Å²) in [7, 11) is 0. The second kappa shape index (κ2) is 12.9. The van der Waals surface area contributed by atoms with Crippen molar-refractivity contribution in [1.82, 2.24) is 19.8 Å². The summed E-state index contributed by atoms with van der Waals surface area (Å²) in [4.78, 5) is 13.1. The van der Waals surface area contributed by atoms with Gasteiger partial charge in [0.2, 0.25) is 11.3 Å². The van der Waals surface area contributed by atoms with E-state index in [1.54, 1.807) is 13.8 Å². The minimum absolute atomic E-state index is 0.00996. The van der Waals surface area contributed by atoms with E-state index in [-0.39, 0.29) is 54.5 Å². The third kappa shape index (κ3) is 7.98. The first kappa shape index (κ1) is 31.9. The highest BCUT2D eigenvalue weighted by Gasteiger charge is 2.36. The topological polar surface area (TPSA) is 126 Å². The molecule has 224 valence electrons. The second-order valence-corrected chi connectivity index (χ2v) is 10.8. The number of alkyl halides is 5. The first-order chi connectivity index (χ1) is 18.6. The average Bonchev–Trinajstić information content (AvgIpc) is 3.19. The number of hydrogen-bond acceptors (Lipinski definition) is 5. The fourth-order valence-corrected chi connectivity index (χ4v) is 5.33. The van der Waals surface area contributed by atoms with E-state index in [0.717, 1.165) is 13.0 Å². The quantitative estimate of drug-likeness (QED) is 0.226. The number of hydrogen-bond donors (Lipinski definition) is 4. The van der Waals surface area contributed by atoms with Crippen molar-refractivity contribution in [2.24, 2.45) is 5.92 Å². The third-order valence-corrected chi connectivity index (χ3v) is 7.62. The number of aryl methyl sites for hydroxylation is 1. The summed E-state index contributed by atoms with van der Waals surface area (Å²) < 4.78 is 94.2. The zero-order valence-electron chi connectivity index (χ0n) is 22.2. The third-order valence-electron chi connectivity index (χ3n) is 7.08. The van der Waals surface area contributed by atoms with Crippen molar-refractivity contribution >= 4 is 17.2 Å². The molecule has 9 nitrogen and oxygen atoms in total. The monoisotopic (exact) mass is 596 g/mol. The van der Waals surface area contributed by atoms with E-state index in [0.29, 0.717) is 24.1 Å². The summed E-state index contributed by atoms with van der Waals surface area (Å²) in [5, 5.41) is 17.8. The molecule has 1 fully saturated rings. The van der Waals surface area contributed by atoms with Crippen LogP contribution < -0.4 is 14.8 Å². The van der Waals surface area contributed by atoms with E-state index in [2.05, 4.69) is 19.9 Å². The normalized spacial score (nSPS) is 21.3. The zero-order chi connectivity index (χ0) is 29.8. The Labute approximate surface area is 230 Å². The number of benzene rings is 1. The predicted octanol–water partition coefficient (Wildman–Crippen LogP) is 4.35. The number of carbonyl (C=O) groups excluding carboxylic acids is 1. The second-order valence-electron chi connectivity index (χ2n) is 10.0. The Balaban J connectivity index is 1.84. The van der Waals surface area contributed by atoms with Crippen LogP contribution in [0.4, 0.5) is 22.0 Å². The van der Waals surface area contributed by atoms with Crippen molar-refractivity contribution in [2.75, 3.05) is 6.54 Å². The molecule has 1 aromatic heterocycles. The standard InChI is InChI=1S/C25H33F5N4O5S/c1-4-34-21(18-6-5-16(11-14(2)25(28,29)30)12-19(18)39-23(26)27)15(3)20(32-34)22(35)31-13-24(36)9-7-17(8-10-24)33-40(37)38/h5-6,12,14,17,23,33,36H,4,7-11,13H2,1-3H3,(H,31,35)(H,37,38)/t14-,17?,24?/m0/s1. The Morgan fingerprint density at radius 3 is 2.50 bits per heavy atom. The number of rotatable bonds is 11. The van der Waals surface area contributed by atoms with Gasteiger partial charge in [0.25, 0.3) is 5.91 Å². The van der Waals surface area contributed by atoms with Crippen molar-refractivity contribution in [3.05, 3.63) is 35.0 Å². The number of nitrogens with one attached hydrogen (secondary N) is 2. The van der Waals surface area contributed by atoms with Gasteiger partial charge in [0, 0.05) is 30.3 Å². The summed E-state index contributed by atoms with van der Waals surface area (Å²) in [6.45, 7) is 1.20. The smallest absolute Gasteiger partial charge is 0.391 e. The molecule has 2 aromatic rings. The average molecular weight is 597 g/mol. The molecule has 1 aliphatic carbocycles. The summed E-state index contributed by atoms with van der Waals surface area (Å²) >= 11 is -2.16. The number of halogens is 5. The Kier molecular flexibility index (Phi) is 10.3. The molecule has 40 heavy (non-hydrogen) atoms. The van der Waals surface area contributed by atoms with Gasteiger partial charge in [-0.15, -0.1) is 0 Å². The van der Waals surface area contributed by atoms with Crippen LogP contribution in [0.1, 0.15) is 61.1 Å². The number of aromatic nitrogens is 2. The largest absolute Gasteiger partial charge is 0.434 e. The minimum Gasteiger partial charge on any atom is -0.434 e. The molecule has 1 amide bonds. The molecule has 0 bridgehead atoms. The van der Waals surface area contributed by atoms with Gasteiger partial charge in [0.05, 0.1) is 17.2 Å². The van der Waals surface area contributed by atoms with Gasteiger partial charge in [0.15, 0.2) is 5.69 Å². The highest BCUT2D eigenvalue weighted by atomic mass is 32.2. The predicted molar refractivity (Wildman–Crippen MR) is 137 cm³/mol. The van der Waals surface area contributed by atoms with Gasteiger partial charge in [-0.3, -0.25) is 14.0 Å². The van der Waals surface area contributed by atoms with Crippen LogP contribution in [-0.2, 0) is 24.2 Å². The molecule has 2 atom stereocenters. The lowest BCUT2D eigenvalue weighted by atomic mass is 9.82. The molecule has 1 heterocycles. The van der Waals surface area contributed by atoms with Crippen LogP contribution in [0, 0.1) is 12.8 Å². The van der Waals surface area contributed by atoms with Crippen LogP contribution in [0.3, 0.4) is 0 Å². The summed E-state index contributed by atoms with van der Waals surface area (Å²) in [5.41, 5.74) is -0.312. The fraction of sp³-hybridized carbons (Fsp3) is 0.600. The molecule has 1 saturated carbocycles. The van der Waals surface area contributed by atoms with Crippen LogP contribution in [0.2, 0.25) is 0 Å². The molecule has 3 rings (SSSR count). The van der Waals surface area contributed by atoms with Crippen molar-refractivity contribution in [2.45, 2.75) is 83.9 Å². The lowest BCUT2D eigenvalue weighted by Gasteiger charge is -2.35. The van der Waals surface area contributed by atoms with Gasteiger partial charge in [-0.05, 0) is 63.6 Å². The van der Waals surface area contributed by atoms with Gasteiger partial charge in [-0.2, -0.15) is 27.1 Å². The Bertz CT molecular complexity index is 1210. The number of nitrogens with zero attached hydrogens (tertiary/aromatic N) is 2. The molecule has 1 unspecified atom stereocenters. The molecular weight excluding hydrogens is 563 g/mol. The number of carbonyl (C=O) groups is 1. The van der Waals surface area contributed by atoms with Gasteiger partial charge >= 0.3 is 12.8 Å². The maximum atomic E-state index is 13.3.